The Bertz CT molecular complexity index is 1380. The smallest absolute Gasteiger partial charge is 0.299 e. The number of pyridine rings is 1. The number of hydrogen-bond acceptors (Lipinski definition) is 6. The first-order valence-electron chi connectivity index (χ1n) is 10.0. The van der Waals surface area contributed by atoms with Crippen molar-refractivity contribution in [2.75, 3.05) is 11.9 Å². The molecule has 2 aromatic heterocycles. The zero-order valence-corrected chi connectivity index (χ0v) is 18.2. The topological polar surface area (TPSA) is 101 Å². The van der Waals surface area contributed by atoms with Gasteiger partial charge in [-0.25, -0.2) is 9.98 Å². The fourth-order valence-corrected chi connectivity index (χ4v) is 3.90. The quantitative estimate of drug-likeness (QED) is 0.507. The van der Waals surface area contributed by atoms with Gasteiger partial charge in [0.1, 0.15) is 0 Å². The van der Waals surface area contributed by atoms with Crippen LogP contribution in [0, 0.1) is 6.92 Å². The van der Waals surface area contributed by atoms with Crippen molar-refractivity contribution < 1.29 is 4.79 Å². The van der Waals surface area contributed by atoms with E-state index in [-0.39, 0.29) is 17.9 Å². The van der Waals surface area contributed by atoms with Crippen LogP contribution >= 0.6 is 11.6 Å². The summed E-state index contributed by atoms with van der Waals surface area (Å²) in [5.74, 6) is 0.521. The number of hydrogen-bond donors (Lipinski definition) is 2. The van der Waals surface area contributed by atoms with Gasteiger partial charge in [-0.3, -0.25) is 19.1 Å². The molecule has 4 rings (SSSR count). The number of carbonyl (C=O) groups is 1. The van der Waals surface area contributed by atoms with E-state index >= 15 is 0 Å². The largest absolute Gasteiger partial charge is 0.365 e. The third-order valence-electron chi connectivity index (χ3n) is 5.14. The Balaban J connectivity index is 1.69. The molecular formula is C23H21ClN6O2. The Morgan fingerprint density at radius 2 is 2.06 bits per heavy atom. The predicted molar refractivity (Wildman–Crippen MR) is 124 cm³/mol. The Labute approximate surface area is 189 Å². The highest BCUT2D eigenvalue weighted by Gasteiger charge is 2.23. The lowest BCUT2D eigenvalue weighted by molar-refractivity contribution is -0.109. The van der Waals surface area contributed by atoms with Crippen molar-refractivity contribution in [3.05, 3.63) is 86.2 Å². The van der Waals surface area contributed by atoms with Crippen LogP contribution in [0.3, 0.4) is 0 Å². The number of fused-ring (bicyclic) bond motifs is 1. The van der Waals surface area contributed by atoms with Gasteiger partial charge in [0.25, 0.3) is 5.56 Å². The van der Waals surface area contributed by atoms with Crippen LogP contribution in [-0.4, -0.2) is 27.5 Å². The fraction of sp³-hybridized carbons (Fsp3) is 0.174. The molecule has 3 heterocycles. The number of rotatable bonds is 8. The molecule has 0 aliphatic carbocycles. The van der Waals surface area contributed by atoms with Gasteiger partial charge in [0.05, 0.1) is 10.4 Å². The predicted octanol–water partition coefficient (Wildman–Crippen LogP) is 1.41. The van der Waals surface area contributed by atoms with Crippen LogP contribution in [0.15, 0.2) is 52.5 Å². The minimum Gasteiger partial charge on any atom is -0.365 e. The first kappa shape index (κ1) is 21.5. The molecule has 0 saturated carbocycles. The van der Waals surface area contributed by atoms with Crippen LogP contribution in [0.1, 0.15) is 22.5 Å². The zero-order valence-electron chi connectivity index (χ0n) is 17.4. The van der Waals surface area contributed by atoms with Gasteiger partial charge in [0.2, 0.25) is 6.41 Å². The van der Waals surface area contributed by atoms with Crippen molar-refractivity contribution >= 4 is 41.3 Å². The van der Waals surface area contributed by atoms with Crippen molar-refractivity contribution in [2.24, 2.45) is 4.99 Å². The molecule has 1 amide bonds. The lowest BCUT2D eigenvalue weighted by Crippen LogP contribution is -2.26. The molecule has 0 spiro atoms. The van der Waals surface area contributed by atoms with Crippen molar-refractivity contribution in [1.82, 2.24) is 19.9 Å². The van der Waals surface area contributed by atoms with Crippen molar-refractivity contribution in [1.29, 1.82) is 0 Å². The molecule has 32 heavy (non-hydrogen) atoms. The molecule has 1 aliphatic rings. The molecule has 0 saturated heterocycles. The lowest BCUT2D eigenvalue weighted by Gasteiger charge is -2.12. The van der Waals surface area contributed by atoms with E-state index in [0.717, 1.165) is 16.5 Å². The lowest BCUT2D eigenvalue weighted by atomic mass is 10.0. The minimum atomic E-state index is -0.349. The van der Waals surface area contributed by atoms with Gasteiger partial charge >= 0.3 is 0 Å². The van der Waals surface area contributed by atoms with E-state index in [1.54, 1.807) is 25.4 Å². The molecule has 162 valence electrons. The fourth-order valence-electron chi connectivity index (χ4n) is 3.56. The molecule has 0 unspecified atom stereocenters. The minimum absolute atomic E-state index is 0.204. The average Bonchev–Trinajstić information content (AvgIpc) is 3.12. The van der Waals surface area contributed by atoms with E-state index in [2.05, 4.69) is 32.2 Å². The van der Waals surface area contributed by atoms with Crippen LogP contribution in [0.25, 0.3) is 17.4 Å². The highest BCUT2D eigenvalue weighted by atomic mass is 35.5. The van der Waals surface area contributed by atoms with Gasteiger partial charge < -0.3 is 10.6 Å². The van der Waals surface area contributed by atoms with E-state index in [0.29, 0.717) is 46.8 Å². The number of nitrogens with one attached hydrogen (secondary N) is 2. The highest BCUT2D eigenvalue weighted by molar-refractivity contribution is 6.52. The Morgan fingerprint density at radius 3 is 2.81 bits per heavy atom. The molecule has 0 bridgehead atoms. The van der Waals surface area contributed by atoms with Gasteiger partial charge in [-0.1, -0.05) is 30.3 Å². The highest BCUT2D eigenvalue weighted by Crippen LogP contribution is 2.30. The van der Waals surface area contributed by atoms with Crippen LogP contribution in [0.5, 0.6) is 0 Å². The standard InChI is InChI=1S/C23H21ClN6O2/c1-14-6-7-18-19(17(14)12-25-13-31)20(24)22(29-18)30-15(2)11-28-21(23(30)32)27-10-8-16-5-3-4-9-26-16/h3-7,9,11,13H,1,8,10,12H2,2H3,(H,25,31)(H,27,28). The van der Waals surface area contributed by atoms with Crippen molar-refractivity contribution in [3.63, 3.8) is 0 Å². The maximum absolute atomic E-state index is 13.2. The van der Waals surface area contributed by atoms with Crippen LogP contribution in [0.4, 0.5) is 5.82 Å². The SMILES string of the molecule is C=c1ccc2c(c1CNC=O)C(Cl)=C(n1c(C)cnc(NCCc3ccccn3)c1=O)N=2. The number of carbonyl (C=O) groups excluding carboxylic acids is 1. The third-order valence-corrected chi connectivity index (χ3v) is 5.50. The Hall–Kier alpha value is -3.78. The monoisotopic (exact) mass is 448 g/mol. The molecular weight excluding hydrogens is 428 g/mol. The summed E-state index contributed by atoms with van der Waals surface area (Å²) in [6, 6.07) is 9.31. The van der Waals surface area contributed by atoms with Crippen molar-refractivity contribution in [3.8, 4) is 0 Å². The second-order valence-electron chi connectivity index (χ2n) is 7.23. The maximum Gasteiger partial charge on any atom is 0.299 e. The molecule has 0 radical (unpaired) electrons. The maximum atomic E-state index is 13.2. The number of nitrogens with zero attached hydrogens (tertiary/aromatic N) is 4. The molecule has 2 N–H and O–H groups in total. The average molecular weight is 449 g/mol. The summed E-state index contributed by atoms with van der Waals surface area (Å²) in [6.07, 6.45) is 4.59. The summed E-state index contributed by atoms with van der Waals surface area (Å²) in [4.78, 5) is 37.2. The number of aryl methyl sites for hydroxylation is 1. The molecule has 8 nitrogen and oxygen atoms in total. The van der Waals surface area contributed by atoms with Crippen LogP contribution in [-0.2, 0) is 17.8 Å². The summed E-state index contributed by atoms with van der Waals surface area (Å²) in [6.45, 7) is 6.54. The molecule has 1 aliphatic heterocycles. The third kappa shape index (κ3) is 4.04. The Kier molecular flexibility index (Phi) is 6.13. The van der Waals surface area contributed by atoms with Gasteiger partial charge in [-0.05, 0) is 35.9 Å². The van der Waals surface area contributed by atoms with Crippen LogP contribution < -0.4 is 26.8 Å². The first-order valence-corrected chi connectivity index (χ1v) is 10.4. The van der Waals surface area contributed by atoms with E-state index in [1.165, 1.54) is 4.57 Å². The second-order valence-corrected chi connectivity index (χ2v) is 7.61. The summed E-state index contributed by atoms with van der Waals surface area (Å²) in [5.41, 5.74) is 2.58. The number of benzene rings is 1. The molecule has 9 heteroatoms. The number of halogens is 1. The number of amides is 1. The van der Waals surface area contributed by atoms with E-state index in [9.17, 15) is 9.59 Å². The summed E-state index contributed by atoms with van der Waals surface area (Å²) in [7, 11) is 0. The number of anilines is 1. The molecule has 0 fully saturated rings. The van der Waals surface area contributed by atoms with E-state index in [1.807, 2.05) is 24.3 Å². The van der Waals surface area contributed by atoms with Gasteiger partial charge in [-0.2, -0.15) is 0 Å². The van der Waals surface area contributed by atoms with Crippen LogP contribution in [0.2, 0.25) is 0 Å². The van der Waals surface area contributed by atoms with E-state index < -0.39 is 0 Å². The Morgan fingerprint density at radius 1 is 1.22 bits per heavy atom. The van der Waals surface area contributed by atoms with Gasteiger partial charge in [0, 0.05) is 48.9 Å². The van der Waals surface area contributed by atoms with Crippen molar-refractivity contribution in [2.45, 2.75) is 19.9 Å². The second kappa shape index (κ2) is 9.15. The molecule has 3 aromatic rings. The van der Waals surface area contributed by atoms with Gasteiger partial charge in [0.15, 0.2) is 11.6 Å². The first-order chi connectivity index (χ1) is 15.5. The zero-order chi connectivity index (χ0) is 22.7. The summed E-state index contributed by atoms with van der Waals surface area (Å²) in [5, 5.41) is 7.39. The number of aromatic nitrogens is 3. The molecule has 0 atom stereocenters. The van der Waals surface area contributed by atoms with E-state index in [4.69, 9.17) is 11.6 Å². The summed E-state index contributed by atoms with van der Waals surface area (Å²) >= 11 is 6.71. The summed E-state index contributed by atoms with van der Waals surface area (Å²) < 4.78 is 1.44. The van der Waals surface area contributed by atoms with Gasteiger partial charge in [-0.15, -0.1) is 0 Å². The normalized spacial score (nSPS) is 12.3. The molecule has 1 aromatic carbocycles.